The summed E-state index contributed by atoms with van der Waals surface area (Å²) in [5.74, 6) is 0.746. The van der Waals surface area contributed by atoms with Gasteiger partial charge in [-0.1, -0.05) is 6.92 Å². The number of rotatable bonds is 1. The molecule has 0 aromatic carbocycles. The van der Waals surface area contributed by atoms with Crippen LogP contribution in [0.3, 0.4) is 0 Å². The van der Waals surface area contributed by atoms with Crippen LogP contribution in [0.4, 0.5) is 0 Å². The zero-order valence-corrected chi connectivity index (χ0v) is 7.05. The molecule has 64 valence electrons. The minimum absolute atomic E-state index is 0.0940. The van der Waals surface area contributed by atoms with Gasteiger partial charge in [-0.15, -0.1) is 0 Å². The molecule has 0 aliphatic carbocycles. The van der Waals surface area contributed by atoms with E-state index in [0.29, 0.717) is 5.92 Å². The van der Waals surface area contributed by atoms with Gasteiger partial charge in [-0.05, 0) is 18.8 Å². The van der Waals surface area contributed by atoms with Gasteiger partial charge in [-0.3, -0.25) is 4.79 Å². The molecule has 0 radical (unpaired) electrons. The molecule has 3 nitrogen and oxygen atoms in total. The van der Waals surface area contributed by atoms with Crippen LogP contribution in [-0.4, -0.2) is 30.4 Å². The molecule has 0 bridgehead atoms. The highest BCUT2D eigenvalue weighted by Gasteiger charge is 2.19. The SMILES string of the molecule is C[C@@H]1CCCN(C(=O)CN)C1. The number of amides is 1. The van der Waals surface area contributed by atoms with Crippen LogP contribution in [-0.2, 0) is 4.79 Å². The fraction of sp³-hybridized carbons (Fsp3) is 0.875. The van der Waals surface area contributed by atoms with E-state index in [0.717, 1.165) is 19.5 Å². The fourth-order valence-electron chi connectivity index (χ4n) is 1.55. The van der Waals surface area contributed by atoms with Gasteiger partial charge >= 0.3 is 0 Å². The molecule has 0 aromatic rings. The van der Waals surface area contributed by atoms with Crippen LogP contribution in [0, 0.1) is 5.92 Å². The largest absolute Gasteiger partial charge is 0.341 e. The Labute approximate surface area is 67.5 Å². The van der Waals surface area contributed by atoms with Crippen molar-refractivity contribution in [3.8, 4) is 0 Å². The van der Waals surface area contributed by atoms with Crippen LogP contribution in [0.15, 0.2) is 0 Å². The average Bonchev–Trinajstić information content (AvgIpc) is 2.03. The van der Waals surface area contributed by atoms with Crippen molar-refractivity contribution in [2.45, 2.75) is 19.8 Å². The van der Waals surface area contributed by atoms with Gasteiger partial charge in [-0.25, -0.2) is 0 Å². The first-order valence-electron chi connectivity index (χ1n) is 4.22. The summed E-state index contributed by atoms with van der Waals surface area (Å²) < 4.78 is 0. The van der Waals surface area contributed by atoms with E-state index in [1.165, 1.54) is 6.42 Å². The van der Waals surface area contributed by atoms with Gasteiger partial charge in [0.05, 0.1) is 6.54 Å². The zero-order valence-electron chi connectivity index (χ0n) is 7.05. The number of likely N-dealkylation sites (tertiary alicyclic amines) is 1. The van der Waals surface area contributed by atoms with Crippen LogP contribution >= 0.6 is 0 Å². The predicted molar refractivity (Wildman–Crippen MR) is 44.0 cm³/mol. The van der Waals surface area contributed by atoms with Crippen LogP contribution in [0.25, 0.3) is 0 Å². The van der Waals surface area contributed by atoms with Crippen LogP contribution < -0.4 is 5.73 Å². The first-order valence-corrected chi connectivity index (χ1v) is 4.22. The molecule has 3 heteroatoms. The number of hydrogen-bond acceptors (Lipinski definition) is 2. The lowest BCUT2D eigenvalue weighted by Gasteiger charge is -2.30. The maximum absolute atomic E-state index is 11.1. The number of nitrogens with two attached hydrogens (primary N) is 1. The summed E-state index contributed by atoms with van der Waals surface area (Å²) in [4.78, 5) is 13.0. The van der Waals surface area contributed by atoms with Crippen LogP contribution in [0.2, 0.25) is 0 Å². The quantitative estimate of drug-likeness (QED) is 0.589. The van der Waals surface area contributed by atoms with Crippen molar-refractivity contribution >= 4 is 5.91 Å². The number of nitrogens with zero attached hydrogens (tertiary/aromatic N) is 1. The third-order valence-electron chi connectivity index (χ3n) is 2.18. The Morgan fingerprint density at radius 1 is 1.73 bits per heavy atom. The Morgan fingerprint density at radius 2 is 2.45 bits per heavy atom. The maximum atomic E-state index is 11.1. The van der Waals surface area contributed by atoms with Gasteiger partial charge in [0.2, 0.25) is 5.91 Å². The van der Waals surface area contributed by atoms with E-state index in [1.807, 2.05) is 4.90 Å². The molecule has 0 spiro atoms. The van der Waals surface area contributed by atoms with E-state index in [2.05, 4.69) is 6.92 Å². The van der Waals surface area contributed by atoms with Crippen molar-refractivity contribution in [3.63, 3.8) is 0 Å². The van der Waals surface area contributed by atoms with Crippen LogP contribution in [0.5, 0.6) is 0 Å². The summed E-state index contributed by atoms with van der Waals surface area (Å²) in [6, 6.07) is 0. The minimum Gasteiger partial charge on any atom is -0.341 e. The molecule has 0 saturated carbocycles. The molecule has 1 aliphatic rings. The molecule has 1 fully saturated rings. The predicted octanol–water partition coefficient (Wildman–Crippen LogP) is 0.204. The molecule has 1 rings (SSSR count). The van der Waals surface area contributed by atoms with E-state index in [9.17, 15) is 4.79 Å². The number of piperidine rings is 1. The number of carbonyl (C=O) groups is 1. The summed E-state index contributed by atoms with van der Waals surface area (Å²) in [6.45, 7) is 4.14. The van der Waals surface area contributed by atoms with Gasteiger partial charge in [0.25, 0.3) is 0 Å². The maximum Gasteiger partial charge on any atom is 0.236 e. The Balaban J connectivity index is 2.39. The lowest BCUT2D eigenvalue weighted by Crippen LogP contribution is -2.42. The van der Waals surface area contributed by atoms with Gasteiger partial charge < -0.3 is 10.6 Å². The highest BCUT2D eigenvalue weighted by atomic mass is 16.2. The molecule has 1 amide bonds. The Morgan fingerprint density at radius 3 is 3.00 bits per heavy atom. The van der Waals surface area contributed by atoms with E-state index in [4.69, 9.17) is 5.73 Å². The van der Waals surface area contributed by atoms with Crippen molar-refractivity contribution in [3.05, 3.63) is 0 Å². The molecule has 0 unspecified atom stereocenters. The molecular formula is C8H16N2O. The molecular weight excluding hydrogens is 140 g/mol. The van der Waals surface area contributed by atoms with Crippen molar-refractivity contribution in [2.75, 3.05) is 19.6 Å². The zero-order chi connectivity index (χ0) is 8.27. The lowest BCUT2D eigenvalue weighted by molar-refractivity contribution is -0.131. The summed E-state index contributed by atoms with van der Waals surface area (Å²) in [7, 11) is 0. The Kier molecular flexibility index (Phi) is 2.88. The topological polar surface area (TPSA) is 46.3 Å². The fourth-order valence-corrected chi connectivity index (χ4v) is 1.55. The van der Waals surface area contributed by atoms with Crippen molar-refractivity contribution in [1.82, 2.24) is 4.90 Å². The van der Waals surface area contributed by atoms with Crippen LogP contribution in [0.1, 0.15) is 19.8 Å². The third kappa shape index (κ3) is 2.19. The second kappa shape index (κ2) is 3.72. The minimum atomic E-state index is 0.0940. The highest BCUT2D eigenvalue weighted by Crippen LogP contribution is 2.14. The molecule has 1 aliphatic heterocycles. The smallest absolute Gasteiger partial charge is 0.236 e. The summed E-state index contributed by atoms with van der Waals surface area (Å²) in [6.07, 6.45) is 2.38. The van der Waals surface area contributed by atoms with E-state index >= 15 is 0 Å². The first kappa shape index (κ1) is 8.53. The first-order chi connectivity index (χ1) is 5.24. The van der Waals surface area contributed by atoms with Crippen molar-refractivity contribution in [1.29, 1.82) is 0 Å². The lowest BCUT2D eigenvalue weighted by atomic mass is 10.0. The average molecular weight is 156 g/mol. The third-order valence-corrected chi connectivity index (χ3v) is 2.18. The second-order valence-electron chi connectivity index (χ2n) is 3.29. The Hall–Kier alpha value is -0.570. The normalized spacial score (nSPS) is 25.3. The van der Waals surface area contributed by atoms with Gasteiger partial charge in [0, 0.05) is 13.1 Å². The molecule has 1 atom stereocenters. The molecule has 11 heavy (non-hydrogen) atoms. The molecule has 0 aromatic heterocycles. The highest BCUT2D eigenvalue weighted by molar-refractivity contribution is 5.78. The van der Waals surface area contributed by atoms with Crippen molar-refractivity contribution < 1.29 is 4.79 Å². The summed E-state index contributed by atoms with van der Waals surface area (Å²) >= 11 is 0. The van der Waals surface area contributed by atoms with Gasteiger partial charge in [0.15, 0.2) is 0 Å². The summed E-state index contributed by atoms with van der Waals surface area (Å²) in [5, 5.41) is 0. The standard InChI is InChI=1S/C8H16N2O/c1-7-3-2-4-10(6-7)8(11)5-9/h7H,2-6,9H2,1H3/t7-/m1/s1. The summed E-state index contributed by atoms with van der Waals surface area (Å²) in [5.41, 5.74) is 5.26. The van der Waals surface area contributed by atoms with E-state index in [-0.39, 0.29) is 12.5 Å². The molecule has 2 N–H and O–H groups in total. The van der Waals surface area contributed by atoms with Gasteiger partial charge in [0.1, 0.15) is 0 Å². The van der Waals surface area contributed by atoms with Gasteiger partial charge in [-0.2, -0.15) is 0 Å². The van der Waals surface area contributed by atoms with Crippen molar-refractivity contribution in [2.24, 2.45) is 11.7 Å². The monoisotopic (exact) mass is 156 g/mol. The van der Waals surface area contributed by atoms with E-state index in [1.54, 1.807) is 0 Å². The second-order valence-corrected chi connectivity index (χ2v) is 3.29. The number of hydrogen-bond donors (Lipinski definition) is 1. The molecule has 1 saturated heterocycles. The van der Waals surface area contributed by atoms with E-state index < -0.39 is 0 Å². The molecule has 1 heterocycles. The number of carbonyl (C=O) groups excluding carboxylic acids is 1. The Bertz CT molecular complexity index is 147.